The van der Waals surface area contributed by atoms with Gasteiger partial charge in [-0.15, -0.1) is 11.6 Å². The molecule has 0 spiro atoms. The number of benzene rings is 2. The van der Waals surface area contributed by atoms with Gasteiger partial charge in [0.25, 0.3) is 0 Å². The molecule has 108 valence electrons. The van der Waals surface area contributed by atoms with E-state index < -0.39 is 0 Å². The number of alkyl halides is 1. The zero-order chi connectivity index (χ0) is 15.0. The van der Waals surface area contributed by atoms with Crippen molar-refractivity contribution in [2.45, 2.75) is 5.88 Å². The monoisotopic (exact) mass is 368 g/mol. The molecule has 2 aromatic carbocycles. The van der Waals surface area contributed by atoms with Crippen LogP contribution in [0, 0.1) is 5.82 Å². The Balaban J connectivity index is 2.35. The number of fused-ring (bicyclic) bond motifs is 1. The van der Waals surface area contributed by atoms with Crippen LogP contribution in [0.15, 0.2) is 40.9 Å². The number of methoxy groups -OCH3 is 1. The van der Waals surface area contributed by atoms with Crippen molar-refractivity contribution in [3.63, 3.8) is 0 Å². The van der Waals surface area contributed by atoms with Crippen LogP contribution in [0.2, 0.25) is 0 Å². The Labute approximate surface area is 134 Å². The summed E-state index contributed by atoms with van der Waals surface area (Å²) in [6, 6.07) is 10.2. The van der Waals surface area contributed by atoms with Crippen molar-refractivity contribution in [2.24, 2.45) is 0 Å². The SMILES string of the molecule is COc1cc(F)ccc1-n1c(CCl)nc2ccc(Br)cc21. The van der Waals surface area contributed by atoms with E-state index in [0.717, 1.165) is 15.5 Å². The summed E-state index contributed by atoms with van der Waals surface area (Å²) in [5.41, 5.74) is 2.40. The molecule has 0 aliphatic heterocycles. The summed E-state index contributed by atoms with van der Waals surface area (Å²) in [5.74, 6) is 0.997. The number of ether oxygens (including phenoxy) is 1. The molecule has 0 bridgehead atoms. The average molecular weight is 370 g/mol. The molecule has 0 saturated heterocycles. The first-order valence-electron chi connectivity index (χ1n) is 6.21. The molecular weight excluding hydrogens is 359 g/mol. The van der Waals surface area contributed by atoms with Crippen LogP contribution in [-0.4, -0.2) is 16.7 Å². The standard InChI is InChI=1S/C15H11BrClFN2O/c1-21-14-7-10(18)3-5-12(14)20-13-6-9(16)2-4-11(13)19-15(20)8-17/h2-7H,8H2,1H3. The first-order valence-corrected chi connectivity index (χ1v) is 7.53. The lowest BCUT2D eigenvalue weighted by Gasteiger charge is -2.12. The third-order valence-corrected chi connectivity index (χ3v) is 3.92. The van der Waals surface area contributed by atoms with Crippen LogP contribution in [0.5, 0.6) is 5.75 Å². The first kappa shape index (κ1) is 14.4. The zero-order valence-corrected chi connectivity index (χ0v) is 13.4. The van der Waals surface area contributed by atoms with Gasteiger partial charge in [0.05, 0.1) is 29.7 Å². The Morgan fingerprint density at radius 1 is 1.29 bits per heavy atom. The molecule has 0 fully saturated rings. The van der Waals surface area contributed by atoms with Crippen molar-refractivity contribution in [1.82, 2.24) is 9.55 Å². The summed E-state index contributed by atoms with van der Waals surface area (Å²) < 4.78 is 21.5. The summed E-state index contributed by atoms with van der Waals surface area (Å²) in [7, 11) is 1.51. The van der Waals surface area contributed by atoms with E-state index in [-0.39, 0.29) is 11.7 Å². The Hall–Kier alpha value is -1.59. The first-order chi connectivity index (χ1) is 10.1. The van der Waals surface area contributed by atoms with Crippen LogP contribution in [0.3, 0.4) is 0 Å². The molecule has 0 aliphatic rings. The van der Waals surface area contributed by atoms with Gasteiger partial charge in [0.1, 0.15) is 17.4 Å². The molecule has 0 aliphatic carbocycles. The molecule has 3 nitrogen and oxygen atoms in total. The van der Waals surface area contributed by atoms with Gasteiger partial charge in [-0.05, 0) is 30.3 Å². The van der Waals surface area contributed by atoms with Crippen molar-refractivity contribution < 1.29 is 9.13 Å². The second-order valence-corrected chi connectivity index (χ2v) is 5.63. The van der Waals surface area contributed by atoms with E-state index in [1.54, 1.807) is 6.07 Å². The fourth-order valence-electron chi connectivity index (χ4n) is 2.29. The van der Waals surface area contributed by atoms with Crippen LogP contribution in [0.1, 0.15) is 5.82 Å². The average Bonchev–Trinajstić information content (AvgIpc) is 2.84. The van der Waals surface area contributed by atoms with Crippen LogP contribution >= 0.6 is 27.5 Å². The molecule has 6 heteroatoms. The minimum Gasteiger partial charge on any atom is -0.494 e. The highest BCUT2D eigenvalue weighted by molar-refractivity contribution is 9.10. The lowest BCUT2D eigenvalue weighted by atomic mass is 10.2. The van der Waals surface area contributed by atoms with Gasteiger partial charge in [-0.2, -0.15) is 0 Å². The minimum atomic E-state index is -0.353. The van der Waals surface area contributed by atoms with E-state index in [4.69, 9.17) is 16.3 Å². The molecule has 0 saturated carbocycles. The van der Waals surface area contributed by atoms with Gasteiger partial charge in [0.15, 0.2) is 0 Å². The maximum absolute atomic E-state index is 13.4. The number of hydrogen-bond acceptors (Lipinski definition) is 2. The van der Waals surface area contributed by atoms with Crippen molar-refractivity contribution in [3.8, 4) is 11.4 Å². The molecule has 0 N–H and O–H groups in total. The van der Waals surface area contributed by atoms with Crippen LogP contribution in [-0.2, 0) is 5.88 Å². The second kappa shape index (κ2) is 5.66. The van der Waals surface area contributed by atoms with E-state index in [1.165, 1.54) is 19.2 Å². The third kappa shape index (κ3) is 2.51. The Kier molecular flexibility index (Phi) is 3.87. The highest BCUT2D eigenvalue weighted by Crippen LogP contribution is 2.31. The van der Waals surface area contributed by atoms with E-state index in [2.05, 4.69) is 20.9 Å². The molecule has 0 radical (unpaired) electrons. The molecule has 3 rings (SSSR count). The highest BCUT2D eigenvalue weighted by Gasteiger charge is 2.16. The third-order valence-electron chi connectivity index (χ3n) is 3.19. The largest absolute Gasteiger partial charge is 0.494 e. The van der Waals surface area contributed by atoms with Crippen LogP contribution in [0.4, 0.5) is 4.39 Å². The van der Waals surface area contributed by atoms with Crippen molar-refractivity contribution in [3.05, 3.63) is 52.5 Å². The van der Waals surface area contributed by atoms with E-state index in [0.29, 0.717) is 17.3 Å². The normalized spacial score (nSPS) is 11.0. The smallest absolute Gasteiger partial charge is 0.145 e. The molecule has 21 heavy (non-hydrogen) atoms. The molecule has 0 unspecified atom stereocenters. The fraction of sp³-hybridized carbons (Fsp3) is 0.133. The molecule has 3 aromatic rings. The number of halogens is 3. The van der Waals surface area contributed by atoms with E-state index in [1.807, 2.05) is 22.8 Å². The number of imidazole rings is 1. The van der Waals surface area contributed by atoms with Gasteiger partial charge in [-0.1, -0.05) is 15.9 Å². The lowest BCUT2D eigenvalue weighted by molar-refractivity contribution is 0.409. The van der Waals surface area contributed by atoms with Crippen LogP contribution < -0.4 is 4.74 Å². The fourth-order valence-corrected chi connectivity index (χ4v) is 2.82. The summed E-state index contributed by atoms with van der Waals surface area (Å²) in [6.07, 6.45) is 0. The van der Waals surface area contributed by atoms with Gasteiger partial charge >= 0.3 is 0 Å². The summed E-state index contributed by atoms with van der Waals surface area (Å²) >= 11 is 9.46. The summed E-state index contributed by atoms with van der Waals surface area (Å²) in [4.78, 5) is 4.51. The van der Waals surface area contributed by atoms with Crippen LogP contribution in [0.25, 0.3) is 16.7 Å². The molecule has 0 amide bonds. The lowest BCUT2D eigenvalue weighted by Crippen LogP contribution is -2.02. The predicted octanol–water partition coefficient (Wildman–Crippen LogP) is 4.67. The summed E-state index contributed by atoms with van der Waals surface area (Å²) in [5, 5.41) is 0. The highest BCUT2D eigenvalue weighted by atomic mass is 79.9. The predicted molar refractivity (Wildman–Crippen MR) is 84.8 cm³/mol. The van der Waals surface area contributed by atoms with Gasteiger partial charge in [0, 0.05) is 10.5 Å². The Morgan fingerprint density at radius 3 is 2.81 bits per heavy atom. The Morgan fingerprint density at radius 2 is 2.10 bits per heavy atom. The maximum atomic E-state index is 13.4. The van der Waals surface area contributed by atoms with E-state index >= 15 is 0 Å². The number of aromatic nitrogens is 2. The molecular formula is C15H11BrClFN2O. The molecule has 0 atom stereocenters. The van der Waals surface area contributed by atoms with Gasteiger partial charge in [-0.3, -0.25) is 4.57 Å². The number of nitrogens with zero attached hydrogens (tertiary/aromatic N) is 2. The zero-order valence-electron chi connectivity index (χ0n) is 11.1. The topological polar surface area (TPSA) is 27.1 Å². The van der Waals surface area contributed by atoms with E-state index in [9.17, 15) is 4.39 Å². The van der Waals surface area contributed by atoms with Gasteiger partial charge in [0.2, 0.25) is 0 Å². The number of rotatable bonds is 3. The van der Waals surface area contributed by atoms with Crippen molar-refractivity contribution in [1.29, 1.82) is 0 Å². The summed E-state index contributed by atoms with van der Waals surface area (Å²) in [6.45, 7) is 0. The quantitative estimate of drug-likeness (QED) is 0.627. The van der Waals surface area contributed by atoms with Gasteiger partial charge < -0.3 is 4.74 Å². The van der Waals surface area contributed by atoms with Crippen molar-refractivity contribution in [2.75, 3.05) is 7.11 Å². The van der Waals surface area contributed by atoms with Crippen molar-refractivity contribution >= 4 is 38.6 Å². The number of hydrogen-bond donors (Lipinski definition) is 0. The second-order valence-electron chi connectivity index (χ2n) is 4.45. The Bertz CT molecular complexity index is 819. The molecule has 1 heterocycles. The molecule has 1 aromatic heterocycles. The maximum Gasteiger partial charge on any atom is 0.145 e. The minimum absolute atomic E-state index is 0.243. The van der Waals surface area contributed by atoms with Gasteiger partial charge in [-0.25, -0.2) is 9.37 Å².